The Labute approximate surface area is 135 Å². The standard InChI is InChI=1S/C16H23N3O4/c17-15(21)10-19-7-6-13(14(20)9-19)8-18-16(22)23-11-12-4-2-1-3-5-12/h1-5,13-14,20H,6-11H2,(H2,17,21)(H,18,22)/t13-,14+/m0/s1. The third-order valence-corrected chi connectivity index (χ3v) is 3.91. The van der Waals surface area contributed by atoms with E-state index in [0.717, 1.165) is 5.56 Å². The van der Waals surface area contributed by atoms with Crippen molar-refractivity contribution in [3.8, 4) is 0 Å². The number of hydrogen-bond donors (Lipinski definition) is 3. The number of ether oxygens (including phenoxy) is 1. The number of primary amides is 1. The van der Waals surface area contributed by atoms with Crippen LogP contribution in [0.2, 0.25) is 0 Å². The second-order valence-corrected chi connectivity index (χ2v) is 5.76. The Hall–Kier alpha value is -2.12. The monoisotopic (exact) mass is 321 g/mol. The quantitative estimate of drug-likeness (QED) is 0.688. The first kappa shape index (κ1) is 17.2. The van der Waals surface area contributed by atoms with Gasteiger partial charge in [-0.1, -0.05) is 30.3 Å². The van der Waals surface area contributed by atoms with Crippen LogP contribution in [-0.2, 0) is 16.1 Å². The van der Waals surface area contributed by atoms with E-state index < -0.39 is 18.1 Å². The van der Waals surface area contributed by atoms with Crippen LogP contribution in [0, 0.1) is 5.92 Å². The summed E-state index contributed by atoms with van der Waals surface area (Å²) in [5.74, 6) is -0.457. The van der Waals surface area contributed by atoms with Gasteiger partial charge in [-0.25, -0.2) is 4.79 Å². The van der Waals surface area contributed by atoms with Crippen molar-refractivity contribution in [2.75, 3.05) is 26.2 Å². The predicted octanol–water partition coefficient (Wildman–Crippen LogP) is 0.0809. The van der Waals surface area contributed by atoms with Gasteiger partial charge in [-0.05, 0) is 18.5 Å². The minimum atomic E-state index is -0.600. The number of carbonyl (C=O) groups is 2. The first-order valence-electron chi connectivity index (χ1n) is 7.68. The van der Waals surface area contributed by atoms with Crippen molar-refractivity contribution in [2.24, 2.45) is 11.7 Å². The van der Waals surface area contributed by atoms with Gasteiger partial charge >= 0.3 is 6.09 Å². The van der Waals surface area contributed by atoms with Gasteiger partial charge in [0, 0.05) is 19.0 Å². The number of nitrogens with two attached hydrogens (primary N) is 1. The first-order valence-corrected chi connectivity index (χ1v) is 7.68. The third-order valence-electron chi connectivity index (χ3n) is 3.91. The average Bonchev–Trinajstić information content (AvgIpc) is 2.52. The Morgan fingerprint density at radius 3 is 2.74 bits per heavy atom. The molecule has 1 heterocycles. The number of β-amino-alcohol motifs (C(OH)–C–C–N with tert-alkyl or cyclic N) is 1. The van der Waals surface area contributed by atoms with Crippen molar-refractivity contribution >= 4 is 12.0 Å². The Kier molecular flexibility index (Phi) is 6.37. The van der Waals surface area contributed by atoms with Crippen LogP contribution in [0.1, 0.15) is 12.0 Å². The van der Waals surface area contributed by atoms with Crippen molar-refractivity contribution in [1.29, 1.82) is 0 Å². The number of aliphatic hydroxyl groups excluding tert-OH is 1. The number of benzene rings is 1. The molecule has 23 heavy (non-hydrogen) atoms. The third kappa shape index (κ3) is 5.88. The van der Waals surface area contributed by atoms with Gasteiger partial charge in [-0.3, -0.25) is 9.69 Å². The minimum Gasteiger partial charge on any atom is -0.445 e. The number of piperidine rings is 1. The lowest BCUT2D eigenvalue weighted by atomic mass is 9.94. The number of aliphatic hydroxyl groups is 1. The van der Waals surface area contributed by atoms with Gasteiger partial charge in [0.1, 0.15) is 6.61 Å². The summed E-state index contributed by atoms with van der Waals surface area (Å²) >= 11 is 0. The van der Waals surface area contributed by atoms with Crippen LogP contribution in [-0.4, -0.2) is 54.3 Å². The fourth-order valence-corrected chi connectivity index (χ4v) is 2.64. The molecule has 0 unspecified atom stereocenters. The molecular weight excluding hydrogens is 298 g/mol. The molecule has 0 spiro atoms. The van der Waals surface area contributed by atoms with E-state index in [1.54, 1.807) is 0 Å². The summed E-state index contributed by atoms with van der Waals surface area (Å²) in [5.41, 5.74) is 6.07. The molecule has 0 aliphatic carbocycles. The Bertz CT molecular complexity index is 523. The van der Waals surface area contributed by atoms with Crippen LogP contribution in [0.15, 0.2) is 30.3 Å². The summed E-state index contributed by atoms with van der Waals surface area (Å²) in [7, 11) is 0. The van der Waals surface area contributed by atoms with Crippen molar-refractivity contribution in [3.05, 3.63) is 35.9 Å². The van der Waals surface area contributed by atoms with Gasteiger partial charge < -0.3 is 20.9 Å². The molecule has 1 aromatic carbocycles. The summed E-state index contributed by atoms with van der Waals surface area (Å²) < 4.78 is 5.12. The lowest BCUT2D eigenvalue weighted by Crippen LogP contribution is -2.49. The van der Waals surface area contributed by atoms with E-state index in [9.17, 15) is 14.7 Å². The molecule has 1 saturated heterocycles. The molecule has 0 saturated carbocycles. The number of carbonyl (C=O) groups excluding carboxylic acids is 2. The van der Waals surface area contributed by atoms with E-state index in [0.29, 0.717) is 26.1 Å². The molecule has 1 aromatic rings. The molecule has 7 nitrogen and oxygen atoms in total. The second-order valence-electron chi connectivity index (χ2n) is 5.76. The van der Waals surface area contributed by atoms with E-state index in [1.165, 1.54) is 0 Å². The predicted molar refractivity (Wildman–Crippen MR) is 84.4 cm³/mol. The SMILES string of the molecule is NC(=O)CN1CC[C@@H](CNC(=O)OCc2ccccc2)[C@H](O)C1. The Morgan fingerprint density at radius 2 is 2.09 bits per heavy atom. The highest BCUT2D eigenvalue weighted by Crippen LogP contribution is 2.17. The molecule has 0 bridgehead atoms. The fourth-order valence-electron chi connectivity index (χ4n) is 2.64. The summed E-state index contributed by atoms with van der Waals surface area (Å²) in [6.45, 7) is 1.77. The minimum absolute atomic E-state index is 0.0524. The van der Waals surface area contributed by atoms with E-state index >= 15 is 0 Å². The molecule has 1 aliphatic rings. The van der Waals surface area contributed by atoms with Gasteiger partial charge in [-0.2, -0.15) is 0 Å². The topological polar surface area (TPSA) is 105 Å². The molecule has 4 N–H and O–H groups in total. The van der Waals surface area contributed by atoms with Gasteiger partial charge in [0.2, 0.25) is 5.91 Å². The van der Waals surface area contributed by atoms with Crippen molar-refractivity contribution in [3.63, 3.8) is 0 Å². The van der Waals surface area contributed by atoms with Crippen LogP contribution in [0.25, 0.3) is 0 Å². The van der Waals surface area contributed by atoms with Crippen molar-refractivity contribution in [2.45, 2.75) is 19.1 Å². The lowest BCUT2D eigenvalue weighted by molar-refractivity contribution is -0.120. The van der Waals surface area contributed by atoms with Crippen molar-refractivity contribution in [1.82, 2.24) is 10.2 Å². The molecular formula is C16H23N3O4. The zero-order valence-corrected chi connectivity index (χ0v) is 13.0. The summed E-state index contributed by atoms with van der Waals surface area (Å²) in [4.78, 5) is 24.4. The molecule has 0 radical (unpaired) electrons. The van der Waals surface area contributed by atoms with E-state index in [1.807, 2.05) is 35.2 Å². The van der Waals surface area contributed by atoms with Crippen LogP contribution in [0.5, 0.6) is 0 Å². The highest BCUT2D eigenvalue weighted by molar-refractivity contribution is 5.75. The molecule has 2 amide bonds. The number of alkyl carbamates (subject to hydrolysis) is 1. The zero-order chi connectivity index (χ0) is 16.7. The maximum Gasteiger partial charge on any atom is 0.407 e. The molecule has 126 valence electrons. The first-order chi connectivity index (χ1) is 11.0. The van der Waals surface area contributed by atoms with E-state index in [-0.39, 0.29) is 19.1 Å². The molecule has 1 aliphatic heterocycles. The van der Waals surface area contributed by atoms with Crippen molar-refractivity contribution < 1.29 is 19.4 Å². The van der Waals surface area contributed by atoms with Crippen LogP contribution in [0.3, 0.4) is 0 Å². The normalized spacial score (nSPS) is 21.6. The van der Waals surface area contributed by atoms with Gasteiger partial charge in [0.15, 0.2) is 0 Å². The smallest absolute Gasteiger partial charge is 0.407 e. The van der Waals surface area contributed by atoms with Gasteiger partial charge in [0.05, 0.1) is 12.6 Å². The van der Waals surface area contributed by atoms with Crippen LogP contribution >= 0.6 is 0 Å². The number of nitrogens with one attached hydrogen (secondary N) is 1. The Balaban J connectivity index is 1.67. The maximum atomic E-state index is 11.7. The zero-order valence-electron chi connectivity index (χ0n) is 13.0. The van der Waals surface area contributed by atoms with E-state index in [4.69, 9.17) is 10.5 Å². The maximum absolute atomic E-state index is 11.7. The summed E-state index contributed by atoms with van der Waals surface area (Å²) in [6.07, 6.45) is -0.411. The molecule has 2 atom stereocenters. The van der Waals surface area contributed by atoms with Gasteiger partial charge in [0.25, 0.3) is 0 Å². The van der Waals surface area contributed by atoms with Crippen LogP contribution < -0.4 is 11.1 Å². The molecule has 1 fully saturated rings. The van der Waals surface area contributed by atoms with E-state index in [2.05, 4.69) is 5.32 Å². The van der Waals surface area contributed by atoms with Crippen LogP contribution in [0.4, 0.5) is 4.79 Å². The number of hydrogen-bond acceptors (Lipinski definition) is 5. The number of likely N-dealkylation sites (tertiary alicyclic amines) is 1. The summed E-state index contributed by atoms with van der Waals surface area (Å²) in [5, 5.41) is 12.8. The Morgan fingerprint density at radius 1 is 1.35 bits per heavy atom. The number of amides is 2. The molecule has 0 aromatic heterocycles. The molecule has 2 rings (SSSR count). The number of rotatable bonds is 6. The average molecular weight is 321 g/mol. The molecule has 7 heteroatoms. The fraction of sp³-hybridized carbons (Fsp3) is 0.500. The summed E-state index contributed by atoms with van der Waals surface area (Å²) in [6, 6.07) is 9.42. The van der Waals surface area contributed by atoms with Gasteiger partial charge in [-0.15, -0.1) is 0 Å². The second kappa shape index (κ2) is 8.50. The lowest BCUT2D eigenvalue weighted by Gasteiger charge is -2.35. The highest BCUT2D eigenvalue weighted by atomic mass is 16.5. The largest absolute Gasteiger partial charge is 0.445 e. The highest BCUT2D eigenvalue weighted by Gasteiger charge is 2.28. The number of nitrogens with zero attached hydrogens (tertiary/aromatic N) is 1.